The molecule has 0 N–H and O–H groups in total. The Labute approximate surface area is 379 Å². The fourth-order valence-electron chi connectivity index (χ4n) is 10.7. The van der Waals surface area contributed by atoms with E-state index in [-0.39, 0.29) is 0 Å². The van der Waals surface area contributed by atoms with Crippen LogP contribution in [0.25, 0.3) is 115 Å². The number of rotatable bonds is 6. The molecule has 0 saturated carbocycles. The largest absolute Gasteiger partial charge is 0.455 e. The molecule has 0 atom stereocenters. The number of para-hydroxylation sites is 6. The van der Waals surface area contributed by atoms with Gasteiger partial charge in [-0.15, -0.1) is 0 Å². The van der Waals surface area contributed by atoms with Crippen molar-refractivity contribution in [3.63, 3.8) is 0 Å². The molecule has 0 fully saturated rings. The van der Waals surface area contributed by atoms with Crippen LogP contribution in [0.15, 0.2) is 239 Å². The molecule has 14 rings (SSSR count). The van der Waals surface area contributed by atoms with Gasteiger partial charge in [0.15, 0.2) is 0 Å². The number of anilines is 3. The molecule has 0 saturated heterocycles. The molecule has 0 aliphatic carbocycles. The van der Waals surface area contributed by atoms with Gasteiger partial charge in [-0.25, -0.2) is 0 Å². The first-order valence-electron chi connectivity index (χ1n) is 22.5. The Kier molecular flexibility index (Phi) is 7.95. The summed E-state index contributed by atoms with van der Waals surface area (Å²) in [4.78, 5) is 2.47. The lowest BCUT2D eigenvalue weighted by atomic mass is 9.94. The Morgan fingerprint density at radius 3 is 1.58 bits per heavy atom. The van der Waals surface area contributed by atoms with Crippen LogP contribution in [-0.2, 0) is 0 Å². The molecular weight excluding hydrogens is 805 g/mol. The molecule has 0 spiro atoms. The second-order valence-electron chi connectivity index (χ2n) is 17.1. The van der Waals surface area contributed by atoms with Crippen molar-refractivity contribution in [2.45, 2.75) is 0 Å². The van der Waals surface area contributed by atoms with E-state index in [9.17, 15) is 0 Å². The highest BCUT2D eigenvalue weighted by atomic mass is 16.3. The van der Waals surface area contributed by atoms with Crippen molar-refractivity contribution in [1.29, 1.82) is 0 Å². The number of nitrogens with zero attached hydrogens (tertiary/aromatic N) is 2. The molecule has 3 heterocycles. The molecule has 308 valence electrons. The molecule has 0 bridgehead atoms. The molecule has 4 nitrogen and oxygen atoms in total. The zero-order valence-corrected chi connectivity index (χ0v) is 35.7. The molecular formula is C62H38N2O2. The van der Waals surface area contributed by atoms with Gasteiger partial charge in [-0.2, -0.15) is 0 Å². The van der Waals surface area contributed by atoms with Crippen molar-refractivity contribution in [2.75, 3.05) is 4.90 Å². The van der Waals surface area contributed by atoms with E-state index >= 15 is 0 Å². The van der Waals surface area contributed by atoms with Gasteiger partial charge in [0.25, 0.3) is 0 Å². The summed E-state index contributed by atoms with van der Waals surface area (Å²) in [6.07, 6.45) is 0. The monoisotopic (exact) mass is 842 g/mol. The Morgan fingerprint density at radius 1 is 0.318 bits per heavy atom. The van der Waals surface area contributed by atoms with Crippen molar-refractivity contribution in [3.8, 4) is 27.9 Å². The summed E-state index contributed by atoms with van der Waals surface area (Å²) < 4.78 is 16.2. The average Bonchev–Trinajstić information content (AvgIpc) is 4.07. The van der Waals surface area contributed by atoms with Crippen LogP contribution >= 0.6 is 0 Å². The second kappa shape index (κ2) is 14.3. The Balaban J connectivity index is 1.08. The van der Waals surface area contributed by atoms with E-state index in [2.05, 4.69) is 228 Å². The van der Waals surface area contributed by atoms with E-state index in [1.165, 1.54) is 32.6 Å². The van der Waals surface area contributed by atoms with Gasteiger partial charge >= 0.3 is 0 Å². The SMILES string of the molecule is c1ccc(N(c2ccc3c(oc4ccccc43)c2-c2ccc(-n3c4ccccc4c4ccccc43)cc2)c2cc3ccccc3c3ccccc23)c(-c2cccc3c2oc2ccccc23)c1. The minimum Gasteiger partial charge on any atom is -0.455 e. The molecule has 66 heavy (non-hydrogen) atoms. The Hall–Kier alpha value is -8.86. The van der Waals surface area contributed by atoms with E-state index in [1.807, 2.05) is 12.1 Å². The van der Waals surface area contributed by atoms with E-state index in [0.29, 0.717) is 0 Å². The molecule has 0 amide bonds. The third-order valence-corrected chi connectivity index (χ3v) is 13.6. The smallest absolute Gasteiger partial charge is 0.145 e. The van der Waals surface area contributed by atoms with Gasteiger partial charge in [0, 0.05) is 60.1 Å². The van der Waals surface area contributed by atoms with Crippen LogP contribution in [0.5, 0.6) is 0 Å². The summed E-state index contributed by atoms with van der Waals surface area (Å²) >= 11 is 0. The quantitative estimate of drug-likeness (QED) is 0.156. The van der Waals surface area contributed by atoms with Crippen LogP contribution in [0.2, 0.25) is 0 Å². The average molecular weight is 843 g/mol. The number of aromatic nitrogens is 1. The summed E-state index contributed by atoms with van der Waals surface area (Å²) in [6.45, 7) is 0. The molecule has 11 aromatic carbocycles. The maximum Gasteiger partial charge on any atom is 0.145 e. The van der Waals surface area contributed by atoms with Crippen LogP contribution in [0.1, 0.15) is 0 Å². The number of fused-ring (bicyclic) bond motifs is 12. The molecule has 14 aromatic rings. The highest BCUT2D eigenvalue weighted by molar-refractivity contribution is 6.19. The maximum absolute atomic E-state index is 7.04. The van der Waals surface area contributed by atoms with Crippen molar-refractivity contribution in [2.24, 2.45) is 0 Å². The molecule has 0 aliphatic heterocycles. The predicted molar refractivity (Wildman–Crippen MR) is 276 cm³/mol. The van der Waals surface area contributed by atoms with Crippen LogP contribution in [0.3, 0.4) is 0 Å². The zero-order valence-electron chi connectivity index (χ0n) is 35.7. The minimum atomic E-state index is 0.838. The van der Waals surface area contributed by atoms with Gasteiger partial charge in [-0.05, 0) is 82.4 Å². The highest BCUT2D eigenvalue weighted by Gasteiger charge is 2.27. The lowest BCUT2D eigenvalue weighted by molar-refractivity contribution is 0.669. The standard InChI is InChI=1S/C62H38N2O2/c1-2-17-42-40(16-1)38-57(44-19-4-3-18-43(42)44)64(55-29-12-7-22-47(55)50-25-15-26-51-48-23-8-13-30-58(48)65-61(50)51)56-37-36-52-49-24-9-14-31-59(49)66-62(52)60(56)39-32-34-41(35-33-39)63-53-27-10-5-20-45(53)46-21-6-11-28-54(46)63/h1-38H. The van der Waals surface area contributed by atoms with Gasteiger partial charge in [-0.1, -0.05) is 170 Å². The lowest BCUT2D eigenvalue weighted by Gasteiger charge is -2.31. The van der Waals surface area contributed by atoms with Crippen molar-refractivity contribution < 1.29 is 8.83 Å². The number of hydrogen-bond acceptors (Lipinski definition) is 3. The topological polar surface area (TPSA) is 34.5 Å². The molecule has 0 unspecified atom stereocenters. The third-order valence-electron chi connectivity index (χ3n) is 13.6. The summed E-state index contributed by atoms with van der Waals surface area (Å²) in [5.41, 5.74) is 14.1. The van der Waals surface area contributed by atoms with Gasteiger partial charge in [0.1, 0.15) is 22.3 Å². The molecule has 3 aromatic heterocycles. The Bertz CT molecular complexity index is 4190. The minimum absolute atomic E-state index is 0.838. The summed E-state index contributed by atoms with van der Waals surface area (Å²) in [7, 11) is 0. The molecule has 0 aliphatic rings. The van der Waals surface area contributed by atoms with E-state index in [1.54, 1.807) is 0 Å². The van der Waals surface area contributed by atoms with E-state index in [4.69, 9.17) is 8.83 Å². The Morgan fingerprint density at radius 2 is 0.848 bits per heavy atom. The lowest BCUT2D eigenvalue weighted by Crippen LogP contribution is -2.13. The summed E-state index contributed by atoms with van der Waals surface area (Å²) in [6, 6.07) is 82.8. The fraction of sp³-hybridized carbons (Fsp3) is 0. The van der Waals surface area contributed by atoms with Crippen molar-refractivity contribution in [3.05, 3.63) is 231 Å². The number of hydrogen-bond donors (Lipinski definition) is 0. The normalized spacial score (nSPS) is 11.9. The predicted octanol–water partition coefficient (Wildman–Crippen LogP) is 17.7. The zero-order chi connectivity index (χ0) is 43.3. The first-order chi connectivity index (χ1) is 32.8. The van der Waals surface area contributed by atoms with Gasteiger partial charge < -0.3 is 18.3 Å². The van der Waals surface area contributed by atoms with Crippen LogP contribution in [0, 0.1) is 0 Å². The highest BCUT2D eigenvalue weighted by Crippen LogP contribution is 2.52. The molecule has 0 radical (unpaired) electrons. The fourth-order valence-corrected chi connectivity index (χ4v) is 10.7. The van der Waals surface area contributed by atoms with Crippen LogP contribution < -0.4 is 4.90 Å². The second-order valence-corrected chi connectivity index (χ2v) is 17.1. The van der Waals surface area contributed by atoms with Gasteiger partial charge in [-0.3, -0.25) is 0 Å². The van der Waals surface area contributed by atoms with Crippen molar-refractivity contribution >= 4 is 104 Å². The van der Waals surface area contributed by atoms with E-state index in [0.717, 1.165) is 99.7 Å². The van der Waals surface area contributed by atoms with Crippen molar-refractivity contribution in [1.82, 2.24) is 4.57 Å². The van der Waals surface area contributed by atoms with Gasteiger partial charge in [0.05, 0.1) is 28.1 Å². The van der Waals surface area contributed by atoms with Crippen LogP contribution in [-0.4, -0.2) is 4.57 Å². The van der Waals surface area contributed by atoms with Gasteiger partial charge in [0.2, 0.25) is 0 Å². The summed E-state index contributed by atoms with van der Waals surface area (Å²) in [5, 5.41) is 11.5. The number of benzene rings is 11. The van der Waals surface area contributed by atoms with E-state index < -0.39 is 0 Å². The first-order valence-corrected chi connectivity index (χ1v) is 22.5. The van der Waals surface area contributed by atoms with Crippen LogP contribution in [0.4, 0.5) is 17.1 Å². The first kappa shape index (κ1) is 36.6. The maximum atomic E-state index is 7.04. The summed E-state index contributed by atoms with van der Waals surface area (Å²) in [5.74, 6) is 0. The third kappa shape index (κ3) is 5.39. The molecule has 4 heteroatoms. The number of furan rings is 2.